The standard InChI is InChI=1S/C28H34O5/c1-20(2)7-6-8-21(3)9-15-25-27(32-5)18-16-24(28(25)30)26(29)17-12-22-10-13-23(14-11-22)33-19-31-4/h7,9-14,16-18,30H,6,8,15,19H2,1-5H3/b17-12+,21-9+. The van der Waals surface area contributed by atoms with Crippen LogP contribution in [-0.4, -0.2) is 31.9 Å². The Bertz CT molecular complexity index is 1010. The quantitative estimate of drug-likeness (QED) is 0.173. The molecule has 2 aromatic rings. The molecule has 5 nitrogen and oxygen atoms in total. The molecule has 176 valence electrons. The average molecular weight is 451 g/mol. The van der Waals surface area contributed by atoms with Crippen molar-refractivity contribution in [3.05, 3.63) is 82.5 Å². The molecule has 0 saturated carbocycles. The number of aromatic hydroxyl groups is 1. The Morgan fingerprint density at radius 1 is 1.00 bits per heavy atom. The van der Waals surface area contributed by atoms with Crippen molar-refractivity contribution in [3.8, 4) is 17.2 Å². The van der Waals surface area contributed by atoms with E-state index >= 15 is 0 Å². The van der Waals surface area contributed by atoms with Crippen molar-refractivity contribution in [2.45, 2.75) is 40.0 Å². The van der Waals surface area contributed by atoms with Gasteiger partial charge in [-0.15, -0.1) is 0 Å². The SMILES string of the molecule is COCOc1ccc(/C=C/C(=O)c2ccc(OC)c(C/C=C(\C)CCC=C(C)C)c2O)cc1. The van der Waals surface area contributed by atoms with E-state index in [9.17, 15) is 9.90 Å². The van der Waals surface area contributed by atoms with Crippen molar-refractivity contribution in [1.82, 2.24) is 0 Å². The predicted octanol–water partition coefficient (Wildman–Crippen LogP) is 6.51. The molecule has 0 heterocycles. The molecule has 33 heavy (non-hydrogen) atoms. The van der Waals surface area contributed by atoms with Gasteiger partial charge in [0.05, 0.1) is 12.7 Å². The van der Waals surface area contributed by atoms with E-state index in [4.69, 9.17) is 14.2 Å². The number of carbonyl (C=O) groups is 1. The minimum Gasteiger partial charge on any atom is -0.507 e. The molecule has 0 amide bonds. The highest BCUT2D eigenvalue weighted by Crippen LogP contribution is 2.33. The number of rotatable bonds is 12. The van der Waals surface area contributed by atoms with Gasteiger partial charge in [-0.3, -0.25) is 4.79 Å². The second kappa shape index (κ2) is 13.3. The van der Waals surface area contributed by atoms with E-state index in [0.717, 1.165) is 18.4 Å². The van der Waals surface area contributed by atoms with Crippen molar-refractivity contribution >= 4 is 11.9 Å². The molecule has 0 aliphatic heterocycles. The summed E-state index contributed by atoms with van der Waals surface area (Å²) in [5.41, 5.74) is 4.23. The number of hydrogen-bond donors (Lipinski definition) is 1. The Kier molecular flexibility index (Phi) is 10.4. The second-order valence-corrected chi connectivity index (χ2v) is 8.03. The molecule has 0 aliphatic rings. The van der Waals surface area contributed by atoms with Crippen LogP contribution in [0.2, 0.25) is 0 Å². The van der Waals surface area contributed by atoms with Crippen LogP contribution in [0.1, 0.15) is 55.1 Å². The fourth-order valence-electron chi connectivity index (χ4n) is 3.24. The lowest BCUT2D eigenvalue weighted by Gasteiger charge is -2.12. The smallest absolute Gasteiger partial charge is 0.189 e. The van der Waals surface area contributed by atoms with Crippen molar-refractivity contribution in [1.29, 1.82) is 0 Å². The van der Waals surface area contributed by atoms with E-state index in [0.29, 0.717) is 23.5 Å². The van der Waals surface area contributed by atoms with E-state index in [2.05, 4.69) is 32.9 Å². The molecule has 0 saturated heterocycles. The molecule has 2 aromatic carbocycles. The lowest BCUT2D eigenvalue weighted by atomic mass is 9.99. The highest BCUT2D eigenvalue weighted by atomic mass is 16.7. The third-order valence-electron chi connectivity index (χ3n) is 5.12. The number of hydrogen-bond acceptors (Lipinski definition) is 5. The lowest BCUT2D eigenvalue weighted by Crippen LogP contribution is -2.00. The van der Waals surface area contributed by atoms with Crippen molar-refractivity contribution in [2.24, 2.45) is 0 Å². The molecule has 2 rings (SSSR count). The number of methoxy groups -OCH3 is 2. The Morgan fingerprint density at radius 2 is 1.73 bits per heavy atom. The van der Waals surface area contributed by atoms with Gasteiger partial charge in [0.25, 0.3) is 0 Å². The maximum atomic E-state index is 12.8. The highest BCUT2D eigenvalue weighted by Gasteiger charge is 2.16. The number of ketones is 1. The summed E-state index contributed by atoms with van der Waals surface area (Å²) in [6.07, 6.45) is 9.87. The van der Waals surface area contributed by atoms with Crippen LogP contribution in [0.25, 0.3) is 6.08 Å². The van der Waals surface area contributed by atoms with Crippen molar-refractivity contribution in [2.75, 3.05) is 21.0 Å². The van der Waals surface area contributed by atoms with Crippen LogP contribution in [0, 0.1) is 0 Å². The molecule has 5 heteroatoms. The minimum atomic E-state index is -0.277. The molecule has 0 aliphatic carbocycles. The Balaban J connectivity index is 2.15. The van der Waals surface area contributed by atoms with E-state index in [1.54, 1.807) is 44.6 Å². The van der Waals surface area contributed by atoms with E-state index in [1.165, 1.54) is 17.2 Å². The maximum absolute atomic E-state index is 12.8. The molecule has 1 N–H and O–H groups in total. The average Bonchev–Trinajstić information content (AvgIpc) is 2.80. The Labute approximate surface area is 197 Å². The lowest BCUT2D eigenvalue weighted by molar-refractivity contribution is 0.0511. The fraction of sp³-hybridized carbons (Fsp3) is 0.321. The summed E-state index contributed by atoms with van der Waals surface area (Å²) in [7, 11) is 3.12. The molecule has 0 fully saturated rings. The van der Waals surface area contributed by atoms with Crippen LogP contribution < -0.4 is 9.47 Å². The molecular weight excluding hydrogens is 416 g/mol. The first-order chi connectivity index (χ1) is 15.8. The third kappa shape index (κ3) is 8.28. The largest absolute Gasteiger partial charge is 0.507 e. The van der Waals surface area contributed by atoms with E-state index in [1.807, 2.05) is 12.1 Å². The number of phenols is 1. The van der Waals surface area contributed by atoms with Gasteiger partial charge in [0.15, 0.2) is 12.6 Å². The summed E-state index contributed by atoms with van der Waals surface area (Å²) in [4.78, 5) is 12.8. The normalized spacial score (nSPS) is 11.5. The van der Waals surface area contributed by atoms with Crippen LogP contribution in [0.4, 0.5) is 0 Å². The number of allylic oxidation sites excluding steroid dienone is 5. The number of carbonyl (C=O) groups excluding carboxylic acids is 1. The second-order valence-electron chi connectivity index (χ2n) is 8.03. The van der Waals surface area contributed by atoms with Crippen LogP contribution in [0.3, 0.4) is 0 Å². The molecule has 0 spiro atoms. The van der Waals surface area contributed by atoms with Crippen molar-refractivity contribution < 1.29 is 24.1 Å². The van der Waals surface area contributed by atoms with Gasteiger partial charge in [-0.2, -0.15) is 0 Å². The molecule has 0 bridgehead atoms. The highest BCUT2D eigenvalue weighted by molar-refractivity contribution is 6.09. The monoisotopic (exact) mass is 450 g/mol. The van der Waals surface area contributed by atoms with Crippen molar-refractivity contribution in [3.63, 3.8) is 0 Å². The van der Waals surface area contributed by atoms with Crippen LogP contribution in [0.15, 0.2) is 65.8 Å². The summed E-state index contributed by atoms with van der Waals surface area (Å²) < 4.78 is 15.7. The zero-order chi connectivity index (χ0) is 24.2. The summed E-state index contributed by atoms with van der Waals surface area (Å²) in [6.45, 7) is 6.43. The number of ether oxygens (including phenoxy) is 3. The van der Waals surface area contributed by atoms with E-state index in [-0.39, 0.29) is 23.9 Å². The first kappa shape index (κ1) is 25.9. The first-order valence-electron chi connectivity index (χ1n) is 11.0. The van der Waals surface area contributed by atoms with Gasteiger partial charge in [-0.1, -0.05) is 41.5 Å². The summed E-state index contributed by atoms with van der Waals surface area (Å²) >= 11 is 0. The summed E-state index contributed by atoms with van der Waals surface area (Å²) in [5, 5.41) is 10.8. The van der Waals surface area contributed by atoms with Gasteiger partial charge in [-0.25, -0.2) is 0 Å². The maximum Gasteiger partial charge on any atom is 0.189 e. The minimum absolute atomic E-state index is 0.0411. The van der Waals surface area contributed by atoms with Gasteiger partial charge >= 0.3 is 0 Å². The summed E-state index contributed by atoms with van der Waals surface area (Å²) in [5.74, 6) is 0.927. The zero-order valence-corrected chi connectivity index (χ0v) is 20.2. The van der Waals surface area contributed by atoms with Gasteiger partial charge < -0.3 is 19.3 Å². The van der Waals surface area contributed by atoms with Gasteiger partial charge in [0, 0.05) is 12.7 Å². The van der Waals surface area contributed by atoms with Crippen LogP contribution in [0.5, 0.6) is 17.2 Å². The number of benzene rings is 2. The van der Waals surface area contributed by atoms with Gasteiger partial charge in [0.1, 0.15) is 17.2 Å². The number of phenolic OH excluding ortho intramolecular Hbond substituents is 1. The predicted molar refractivity (Wildman–Crippen MR) is 133 cm³/mol. The fourth-order valence-corrected chi connectivity index (χ4v) is 3.24. The molecule has 0 aromatic heterocycles. The van der Waals surface area contributed by atoms with Gasteiger partial charge in [0.2, 0.25) is 0 Å². The Morgan fingerprint density at radius 3 is 2.36 bits per heavy atom. The summed E-state index contributed by atoms with van der Waals surface area (Å²) in [6, 6.07) is 10.6. The molecule has 0 radical (unpaired) electrons. The van der Waals surface area contributed by atoms with E-state index < -0.39 is 0 Å². The van der Waals surface area contributed by atoms with Gasteiger partial charge in [-0.05, 0) is 75.9 Å². The van der Waals surface area contributed by atoms with Crippen LogP contribution in [-0.2, 0) is 11.2 Å². The topological polar surface area (TPSA) is 65.0 Å². The third-order valence-corrected chi connectivity index (χ3v) is 5.12. The zero-order valence-electron chi connectivity index (χ0n) is 20.2. The first-order valence-corrected chi connectivity index (χ1v) is 11.0. The molecule has 0 unspecified atom stereocenters. The van der Waals surface area contributed by atoms with Crippen LogP contribution >= 0.6 is 0 Å². The molecule has 0 atom stereocenters. The Hall–Kier alpha value is -3.31. The molecular formula is C28H34O5.